The minimum atomic E-state index is -3.79. The van der Waals surface area contributed by atoms with Gasteiger partial charge in [0.25, 0.3) is 10.0 Å². The number of sulfonamides is 1. The minimum absolute atomic E-state index is 0.0858. The average molecular weight is 390 g/mol. The molecule has 1 fully saturated rings. The number of nitrogens with zero attached hydrogens (tertiary/aromatic N) is 3. The maximum absolute atomic E-state index is 12.6. The quantitative estimate of drug-likeness (QED) is 0.856. The standard InChI is InChI=1S/C18H22N4O4S/c1-13-6-8-22(9-7-13)18-5-4-17(19-20-18)21-27(23,24)14-2-3-15-16(12-14)26-11-10-25-15/h2-5,12-13H,6-11H2,1H3,(H,19,21). The Hall–Kier alpha value is -2.55. The van der Waals surface area contributed by atoms with Crippen molar-refractivity contribution in [3.8, 4) is 11.5 Å². The number of hydrogen-bond acceptors (Lipinski definition) is 7. The molecule has 2 aliphatic rings. The highest BCUT2D eigenvalue weighted by atomic mass is 32.2. The van der Waals surface area contributed by atoms with Crippen molar-refractivity contribution >= 4 is 21.7 Å². The molecule has 2 aromatic rings. The van der Waals surface area contributed by atoms with Crippen molar-refractivity contribution in [3.63, 3.8) is 0 Å². The molecule has 4 rings (SSSR count). The Morgan fingerprint density at radius 1 is 1.04 bits per heavy atom. The highest BCUT2D eigenvalue weighted by molar-refractivity contribution is 7.92. The van der Waals surface area contributed by atoms with E-state index < -0.39 is 10.0 Å². The van der Waals surface area contributed by atoms with E-state index >= 15 is 0 Å². The van der Waals surface area contributed by atoms with Crippen LogP contribution in [0.15, 0.2) is 35.2 Å². The van der Waals surface area contributed by atoms with E-state index in [0.29, 0.717) is 24.7 Å². The number of fused-ring (bicyclic) bond motifs is 1. The summed E-state index contributed by atoms with van der Waals surface area (Å²) in [5, 5.41) is 8.21. The van der Waals surface area contributed by atoms with Crippen molar-refractivity contribution in [2.75, 3.05) is 35.9 Å². The van der Waals surface area contributed by atoms with Crippen LogP contribution < -0.4 is 19.1 Å². The van der Waals surface area contributed by atoms with Gasteiger partial charge in [0.15, 0.2) is 23.1 Å². The number of aromatic nitrogens is 2. The van der Waals surface area contributed by atoms with Crippen molar-refractivity contribution in [2.45, 2.75) is 24.7 Å². The molecule has 8 nitrogen and oxygen atoms in total. The van der Waals surface area contributed by atoms with Gasteiger partial charge in [-0.3, -0.25) is 4.72 Å². The number of hydrogen-bond donors (Lipinski definition) is 1. The molecule has 0 radical (unpaired) electrons. The van der Waals surface area contributed by atoms with Crippen molar-refractivity contribution < 1.29 is 17.9 Å². The van der Waals surface area contributed by atoms with E-state index in [4.69, 9.17) is 9.47 Å². The van der Waals surface area contributed by atoms with Gasteiger partial charge in [0.2, 0.25) is 0 Å². The van der Waals surface area contributed by atoms with Crippen LogP contribution in [0.2, 0.25) is 0 Å². The number of ether oxygens (including phenoxy) is 2. The highest BCUT2D eigenvalue weighted by Gasteiger charge is 2.21. The zero-order valence-electron chi connectivity index (χ0n) is 15.1. The molecular weight excluding hydrogens is 368 g/mol. The third kappa shape index (κ3) is 3.92. The first-order valence-electron chi connectivity index (χ1n) is 9.02. The van der Waals surface area contributed by atoms with Gasteiger partial charge in [0.05, 0.1) is 4.90 Å². The van der Waals surface area contributed by atoms with E-state index in [1.807, 2.05) is 0 Å². The zero-order valence-corrected chi connectivity index (χ0v) is 15.9. The van der Waals surface area contributed by atoms with Crippen LogP contribution in [-0.2, 0) is 10.0 Å². The number of nitrogens with one attached hydrogen (secondary N) is 1. The molecule has 0 saturated carbocycles. The molecule has 3 heterocycles. The Kier molecular flexibility index (Phi) is 4.77. The topological polar surface area (TPSA) is 93.7 Å². The number of piperidine rings is 1. The van der Waals surface area contributed by atoms with Crippen LogP contribution in [0.25, 0.3) is 0 Å². The molecule has 9 heteroatoms. The summed E-state index contributed by atoms with van der Waals surface area (Å²) < 4.78 is 38.6. The van der Waals surface area contributed by atoms with E-state index in [2.05, 4.69) is 26.7 Å². The predicted molar refractivity (Wildman–Crippen MR) is 101 cm³/mol. The first-order chi connectivity index (χ1) is 13.0. The molecule has 0 unspecified atom stereocenters. The van der Waals surface area contributed by atoms with Crippen LogP contribution >= 0.6 is 0 Å². The monoisotopic (exact) mass is 390 g/mol. The lowest BCUT2D eigenvalue weighted by Gasteiger charge is -2.30. The van der Waals surface area contributed by atoms with Crippen molar-refractivity contribution in [3.05, 3.63) is 30.3 Å². The van der Waals surface area contributed by atoms with Crippen molar-refractivity contribution in [2.24, 2.45) is 5.92 Å². The summed E-state index contributed by atoms with van der Waals surface area (Å²) >= 11 is 0. The summed E-state index contributed by atoms with van der Waals surface area (Å²) in [6.45, 7) is 4.98. The van der Waals surface area contributed by atoms with Gasteiger partial charge in [-0.1, -0.05) is 6.92 Å². The van der Waals surface area contributed by atoms with Gasteiger partial charge >= 0.3 is 0 Å². The Balaban J connectivity index is 1.48. The van der Waals surface area contributed by atoms with Gasteiger partial charge in [-0.2, -0.15) is 0 Å². The van der Waals surface area contributed by atoms with Gasteiger partial charge in [-0.15, -0.1) is 10.2 Å². The summed E-state index contributed by atoms with van der Waals surface area (Å²) in [5.74, 6) is 2.64. The molecule has 144 valence electrons. The van der Waals surface area contributed by atoms with Crippen LogP contribution in [0, 0.1) is 5.92 Å². The summed E-state index contributed by atoms with van der Waals surface area (Å²) in [4.78, 5) is 2.26. The molecule has 27 heavy (non-hydrogen) atoms. The fraction of sp³-hybridized carbons (Fsp3) is 0.444. The molecular formula is C18H22N4O4S. The summed E-state index contributed by atoms with van der Waals surface area (Å²) in [6, 6.07) is 7.95. The van der Waals surface area contributed by atoms with E-state index in [1.165, 1.54) is 12.1 Å². The fourth-order valence-electron chi connectivity index (χ4n) is 3.17. The van der Waals surface area contributed by atoms with E-state index in [0.717, 1.165) is 37.7 Å². The third-order valence-electron chi connectivity index (χ3n) is 4.82. The Bertz CT molecular complexity index is 909. The minimum Gasteiger partial charge on any atom is -0.486 e. The van der Waals surface area contributed by atoms with Gasteiger partial charge in [-0.05, 0) is 43.0 Å². The first-order valence-corrected chi connectivity index (χ1v) is 10.5. The van der Waals surface area contributed by atoms with Gasteiger partial charge in [-0.25, -0.2) is 8.42 Å². The van der Waals surface area contributed by atoms with Crippen molar-refractivity contribution in [1.29, 1.82) is 0 Å². The van der Waals surface area contributed by atoms with E-state index in [-0.39, 0.29) is 10.7 Å². The Morgan fingerprint density at radius 3 is 2.48 bits per heavy atom. The van der Waals surface area contributed by atoms with E-state index in [9.17, 15) is 8.42 Å². The number of rotatable bonds is 4. The predicted octanol–water partition coefficient (Wildman–Crippen LogP) is 2.28. The lowest BCUT2D eigenvalue weighted by atomic mass is 9.99. The average Bonchev–Trinajstić information content (AvgIpc) is 2.68. The number of anilines is 2. The Morgan fingerprint density at radius 2 is 1.78 bits per heavy atom. The van der Waals surface area contributed by atoms with Gasteiger partial charge < -0.3 is 14.4 Å². The van der Waals surface area contributed by atoms with Gasteiger partial charge in [0, 0.05) is 19.2 Å². The SMILES string of the molecule is CC1CCN(c2ccc(NS(=O)(=O)c3ccc4c(c3)OCCO4)nn2)CC1. The van der Waals surface area contributed by atoms with Crippen LogP contribution in [-0.4, -0.2) is 44.9 Å². The van der Waals surface area contributed by atoms with Gasteiger partial charge in [0.1, 0.15) is 13.2 Å². The summed E-state index contributed by atoms with van der Waals surface area (Å²) in [7, 11) is -3.79. The zero-order chi connectivity index (χ0) is 18.9. The van der Waals surface area contributed by atoms with Crippen LogP contribution in [0.4, 0.5) is 11.6 Å². The molecule has 0 amide bonds. The van der Waals surface area contributed by atoms with E-state index in [1.54, 1.807) is 18.2 Å². The molecule has 2 aliphatic heterocycles. The Labute approximate surface area is 158 Å². The van der Waals surface area contributed by atoms with Crippen molar-refractivity contribution in [1.82, 2.24) is 10.2 Å². The lowest BCUT2D eigenvalue weighted by molar-refractivity contribution is 0.171. The summed E-state index contributed by atoms with van der Waals surface area (Å²) in [5.41, 5.74) is 0. The molecule has 0 aliphatic carbocycles. The smallest absolute Gasteiger partial charge is 0.263 e. The lowest BCUT2D eigenvalue weighted by Crippen LogP contribution is -2.33. The normalized spacial score (nSPS) is 17.6. The number of benzene rings is 1. The molecule has 0 atom stereocenters. The second kappa shape index (κ2) is 7.22. The van der Waals surface area contributed by atoms with Crippen LogP contribution in [0.5, 0.6) is 11.5 Å². The molecule has 0 spiro atoms. The molecule has 1 saturated heterocycles. The molecule has 0 bridgehead atoms. The molecule has 1 aromatic heterocycles. The van der Waals surface area contributed by atoms with Crippen LogP contribution in [0.3, 0.4) is 0 Å². The third-order valence-corrected chi connectivity index (χ3v) is 6.17. The maximum Gasteiger partial charge on any atom is 0.263 e. The molecule has 1 aromatic carbocycles. The summed E-state index contributed by atoms with van der Waals surface area (Å²) in [6.07, 6.45) is 2.25. The van der Waals surface area contributed by atoms with Crippen LogP contribution in [0.1, 0.15) is 19.8 Å². The second-order valence-electron chi connectivity index (χ2n) is 6.86. The fourth-order valence-corrected chi connectivity index (χ4v) is 4.18. The largest absolute Gasteiger partial charge is 0.486 e. The highest BCUT2D eigenvalue weighted by Crippen LogP contribution is 2.32. The molecule has 1 N–H and O–H groups in total. The first kappa shape index (κ1) is 17.8. The second-order valence-corrected chi connectivity index (χ2v) is 8.54. The maximum atomic E-state index is 12.6.